The number of carbonyl (C=O) groups is 2. The second-order valence-corrected chi connectivity index (χ2v) is 8.29. The van der Waals surface area contributed by atoms with E-state index >= 15 is 0 Å². The van der Waals surface area contributed by atoms with Crippen LogP contribution in [0.15, 0.2) is 52.3 Å². The van der Waals surface area contributed by atoms with E-state index in [1.165, 1.54) is 11.3 Å². The van der Waals surface area contributed by atoms with Crippen LogP contribution >= 0.6 is 27.3 Å². The van der Waals surface area contributed by atoms with Gasteiger partial charge < -0.3 is 9.64 Å². The topological polar surface area (TPSA) is 71.5 Å². The van der Waals surface area contributed by atoms with Crippen LogP contribution in [0.4, 0.5) is 10.8 Å². The highest BCUT2D eigenvalue weighted by Crippen LogP contribution is 2.37. The van der Waals surface area contributed by atoms with Crippen molar-refractivity contribution in [3.63, 3.8) is 0 Å². The van der Waals surface area contributed by atoms with Gasteiger partial charge in [-0.1, -0.05) is 22.9 Å². The van der Waals surface area contributed by atoms with Gasteiger partial charge in [0, 0.05) is 27.5 Å². The number of ether oxygens (including phenoxy) is 1. The van der Waals surface area contributed by atoms with Crippen LogP contribution in [-0.2, 0) is 4.79 Å². The molecule has 29 heavy (non-hydrogen) atoms. The van der Waals surface area contributed by atoms with Gasteiger partial charge in [0.15, 0.2) is 11.7 Å². The highest BCUT2D eigenvalue weighted by Gasteiger charge is 2.25. The first-order valence-electron chi connectivity index (χ1n) is 9.15. The molecule has 1 aliphatic heterocycles. The summed E-state index contributed by atoms with van der Waals surface area (Å²) in [4.78, 5) is 30.9. The summed E-state index contributed by atoms with van der Waals surface area (Å²) in [5.41, 5.74) is 2.92. The summed E-state index contributed by atoms with van der Waals surface area (Å²) in [6.07, 6.45) is 0.859. The maximum atomic E-state index is 12.4. The number of aromatic nitrogens is 1. The molecule has 0 atom stereocenters. The number of carbonyl (C=O) groups excluding carboxylic acids is 2. The molecule has 6 nitrogen and oxygen atoms in total. The lowest BCUT2D eigenvalue weighted by Crippen LogP contribution is -2.39. The van der Waals surface area contributed by atoms with E-state index in [0.717, 1.165) is 27.8 Å². The van der Waals surface area contributed by atoms with Gasteiger partial charge in [-0.2, -0.15) is 0 Å². The first-order valence-corrected chi connectivity index (χ1v) is 10.8. The van der Waals surface area contributed by atoms with Crippen LogP contribution in [0.1, 0.15) is 23.7 Å². The number of rotatable bonds is 5. The van der Waals surface area contributed by atoms with Gasteiger partial charge >= 0.3 is 0 Å². The molecule has 1 aliphatic rings. The third-order valence-electron chi connectivity index (χ3n) is 4.48. The molecule has 0 aliphatic carbocycles. The van der Waals surface area contributed by atoms with Crippen molar-refractivity contribution in [3.05, 3.63) is 57.9 Å². The normalized spacial score (nSPS) is 13.0. The Morgan fingerprint density at radius 2 is 2.07 bits per heavy atom. The van der Waals surface area contributed by atoms with E-state index in [2.05, 4.69) is 26.2 Å². The van der Waals surface area contributed by atoms with E-state index in [0.29, 0.717) is 23.0 Å². The summed E-state index contributed by atoms with van der Waals surface area (Å²) in [6, 6.07) is 12.8. The predicted molar refractivity (Wildman–Crippen MR) is 118 cm³/mol. The lowest BCUT2D eigenvalue weighted by molar-refractivity contribution is -0.121. The third-order valence-corrected chi connectivity index (χ3v) is 5.76. The summed E-state index contributed by atoms with van der Waals surface area (Å²) in [7, 11) is 0. The van der Waals surface area contributed by atoms with Crippen LogP contribution in [0.2, 0.25) is 0 Å². The van der Waals surface area contributed by atoms with E-state index in [1.54, 1.807) is 17.0 Å². The first kappa shape index (κ1) is 19.6. The van der Waals surface area contributed by atoms with E-state index in [-0.39, 0.29) is 18.4 Å². The average Bonchev–Trinajstić information content (AvgIpc) is 3.19. The summed E-state index contributed by atoms with van der Waals surface area (Å²) in [5, 5.41) is 5.23. The number of nitrogens with zero attached hydrogens (tertiary/aromatic N) is 2. The van der Waals surface area contributed by atoms with Gasteiger partial charge in [0.1, 0.15) is 5.75 Å². The van der Waals surface area contributed by atoms with E-state index in [1.807, 2.05) is 42.6 Å². The van der Waals surface area contributed by atoms with Crippen molar-refractivity contribution in [1.29, 1.82) is 0 Å². The van der Waals surface area contributed by atoms with Gasteiger partial charge in [-0.3, -0.25) is 14.9 Å². The average molecular weight is 472 g/mol. The highest BCUT2D eigenvalue weighted by atomic mass is 79.9. The van der Waals surface area contributed by atoms with Gasteiger partial charge in [0.05, 0.1) is 11.4 Å². The van der Waals surface area contributed by atoms with Crippen molar-refractivity contribution in [1.82, 2.24) is 4.98 Å². The standard InChI is InChI=1S/C21H18BrN3O3S/c1-2-9-25-17-10-14(5-8-18(17)28-11-19(25)26)16-12-29-21(23-16)24-20(27)13-3-6-15(22)7-4-13/h3-8,10,12H,2,9,11H2,1H3,(H,23,24,27). The minimum Gasteiger partial charge on any atom is -0.482 e. The van der Waals surface area contributed by atoms with Crippen LogP contribution in [-0.4, -0.2) is 29.9 Å². The third kappa shape index (κ3) is 4.18. The van der Waals surface area contributed by atoms with Gasteiger partial charge in [-0.25, -0.2) is 4.98 Å². The molecule has 0 unspecified atom stereocenters. The van der Waals surface area contributed by atoms with Crippen LogP contribution in [0.3, 0.4) is 0 Å². The Morgan fingerprint density at radius 3 is 2.83 bits per heavy atom. The summed E-state index contributed by atoms with van der Waals surface area (Å²) in [5.74, 6) is 0.440. The molecule has 0 saturated heterocycles. The van der Waals surface area contributed by atoms with E-state index in [9.17, 15) is 9.59 Å². The minimum atomic E-state index is -0.211. The molecule has 0 saturated carbocycles. The Morgan fingerprint density at radius 1 is 1.28 bits per heavy atom. The number of nitrogens with one attached hydrogen (secondary N) is 1. The van der Waals surface area contributed by atoms with E-state index in [4.69, 9.17) is 4.74 Å². The molecule has 0 fully saturated rings. The zero-order valence-electron chi connectivity index (χ0n) is 15.6. The number of amides is 2. The summed E-state index contributed by atoms with van der Waals surface area (Å²) >= 11 is 4.71. The van der Waals surface area contributed by atoms with E-state index < -0.39 is 0 Å². The Hall–Kier alpha value is -2.71. The fourth-order valence-electron chi connectivity index (χ4n) is 3.06. The number of thiazole rings is 1. The molecule has 0 bridgehead atoms. The monoisotopic (exact) mass is 471 g/mol. The molecule has 8 heteroatoms. The van der Waals surface area contributed by atoms with Crippen LogP contribution in [0.5, 0.6) is 5.75 Å². The number of hydrogen-bond donors (Lipinski definition) is 1. The van der Waals surface area contributed by atoms with Gasteiger partial charge in [0.25, 0.3) is 11.8 Å². The van der Waals surface area contributed by atoms with Gasteiger partial charge in [0.2, 0.25) is 0 Å². The van der Waals surface area contributed by atoms with Gasteiger partial charge in [-0.15, -0.1) is 11.3 Å². The zero-order chi connectivity index (χ0) is 20.4. The van der Waals surface area contributed by atoms with Crippen molar-refractivity contribution in [2.24, 2.45) is 0 Å². The molecule has 2 aromatic carbocycles. The Kier molecular flexibility index (Phi) is 5.64. The van der Waals surface area contributed by atoms with Crippen LogP contribution in [0.25, 0.3) is 11.3 Å². The number of benzene rings is 2. The summed E-state index contributed by atoms with van der Waals surface area (Å²) in [6.45, 7) is 2.74. The molecule has 0 radical (unpaired) electrons. The molecular weight excluding hydrogens is 454 g/mol. The number of fused-ring (bicyclic) bond motifs is 1. The molecule has 2 amide bonds. The van der Waals surface area contributed by atoms with Crippen molar-refractivity contribution in [2.45, 2.75) is 13.3 Å². The molecular formula is C21H18BrN3O3S. The molecule has 0 spiro atoms. The largest absolute Gasteiger partial charge is 0.482 e. The predicted octanol–water partition coefficient (Wildman–Crippen LogP) is 4.96. The zero-order valence-corrected chi connectivity index (χ0v) is 18.0. The van der Waals surface area contributed by atoms with Crippen LogP contribution in [0, 0.1) is 0 Å². The summed E-state index contributed by atoms with van der Waals surface area (Å²) < 4.78 is 6.46. The number of anilines is 2. The fourth-order valence-corrected chi connectivity index (χ4v) is 4.04. The quantitative estimate of drug-likeness (QED) is 0.570. The second-order valence-electron chi connectivity index (χ2n) is 6.52. The number of halogens is 1. The Bertz CT molecular complexity index is 1070. The maximum Gasteiger partial charge on any atom is 0.265 e. The van der Waals surface area contributed by atoms with Crippen molar-refractivity contribution < 1.29 is 14.3 Å². The highest BCUT2D eigenvalue weighted by molar-refractivity contribution is 9.10. The van der Waals surface area contributed by atoms with Crippen molar-refractivity contribution in [3.8, 4) is 17.0 Å². The van der Waals surface area contributed by atoms with Crippen molar-refractivity contribution in [2.75, 3.05) is 23.4 Å². The first-order chi connectivity index (χ1) is 14.0. The smallest absolute Gasteiger partial charge is 0.265 e. The molecule has 1 N–H and O–H groups in total. The SMILES string of the molecule is CCCN1C(=O)COc2ccc(-c3csc(NC(=O)c4ccc(Br)cc4)n3)cc21. The lowest BCUT2D eigenvalue weighted by Gasteiger charge is -2.29. The maximum absolute atomic E-state index is 12.4. The van der Waals surface area contributed by atoms with Crippen molar-refractivity contribution >= 4 is 49.9 Å². The molecule has 4 rings (SSSR count). The Labute approximate surface area is 180 Å². The second kappa shape index (κ2) is 8.34. The van der Waals surface area contributed by atoms with Crippen LogP contribution < -0.4 is 15.0 Å². The number of hydrogen-bond acceptors (Lipinski definition) is 5. The Balaban J connectivity index is 1.56. The molecule has 148 valence electrons. The molecule has 3 aromatic rings. The molecule has 1 aromatic heterocycles. The lowest BCUT2D eigenvalue weighted by atomic mass is 10.1. The minimum absolute atomic E-state index is 0.0442. The van der Waals surface area contributed by atoms with Gasteiger partial charge in [-0.05, 0) is 48.9 Å². The fraction of sp³-hybridized carbons (Fsp3) is 0.190. The molecule has 2 heterocycles.